The first-order valence-corrected chi connectivity index (χ1v) is 3.55. The van der Waals surface area contributed by atoms with E-state index in [0.29, 0.717) is 5.92 Å². The Labute approximate surface area is 55.8 Å². The molecule has 0 unspecified atom stereocenters. The summed E-state index contributed by atoms with van der Waals surface area (Å²) in [6.45, 7) is 3.19. The number of aliphatic hydroxyl groups excluding tert-OH is 1. The molecule has 0 aliphatic carbocycles. The van der Waals surface area contributed by atoms with Gasteiger partial charge in [0.2, 0.25) is 0 Å². The molecule has 1 N–H and O–H groups in total. The van der Waals surface area contributed by atoms with E-state index in [1.807, 2.05) is 0 Å². The zero-order chi connectivity index (χ0) is 6.69. The van der Waals surface area contributed by atoms with Crippen LogP contribution in [0.25, 0.3) is 0 Å². The molecular formula is C7H14O2. The molecule has 1 rings (SSSR count). The second-order valence-corrected chi connectivity index (χ2v) is 2.82. The number of hydrogen-bond acceptors (Lipinski definition) is 2. The normalized spacial score (nSPS) is 36.7. The van der Waals surface area contributed by atoms with E-state index in [1.54, 1.807) is 0 Å². The van der Waals surface area contributed by atoms with Crippen molar-refractivity contribution >= 4 is 0 Å². The molecule has 0 aromatic rings. The zero-order valence-corrected chi connectivity index (χ0v) is 5.84. The molecule has 1 heterocycles. The SMILES string of the molecule is C[C@@H]1CC[C@@H](CO)OC1. The van der Waals surface area contributed by atoms with Gasteiger partial charge in [0.15, 0.2) is 0 Å². The van der Waals surface area contributed by atoms with Crippen LogP contribution >= 0.6 is 0 Å². The van der Waals surface area contributed by atoms with E-state index in [9.17, 15) is 0 Å². The summed E-state index contributed by atoms with van der Waals surface area (Å²) in [6, 6.07) is 0. The molecule has 0 spiro atoms. The Kier molecular flexibility index (Phi) is 2.49. The average Bonchev–Trinajstić information content (AvgIpc) is 1.90. The Morgan fingerprint density at radius 1 is 1.56 bits per heavy atom. The summed E-state index contributed by atoms with van der Waals surface area (Å²) in [5, 5.41) is 8.65. The third-order valence-corrected chi connectivity index (χ3v) is 1.80. The zero-order valence-electron chi connectivity index (χ0n) is 5.84. The molecule has 54 valence electrons. The molecule has 1 aliphatic rings. The van der Waals surface area contributed by atoms with Crippen molar-refractivity contribution in [3.63, 3.8) is 0 Å². The van der Waals surface area contributed by atoms with Crippen LogP contribution in [0.5, 0.6) is 0 Å². The molecule has 1 aliphatic heterocycles. The van der Waals surface area contributed by atoms with Crippen LogP contribution in [0.4, 0.5) is 0 Å². The summed E-state index contributed by atoms with van der Waals surface area (Å²) in [7, 11) is 0. The lowest BCUT2D eigenvalue weighted by Gasteiger charge is -2.24. The van der Waals surface area contributed by atoms with Gasteiger partial charge in [-0.2, -0.15) is 0 Å². The molecule has 0 saturated carbocycles. The summed E-state index contributed by atoms with van der Waals surface area (Å²) in [6.07, 6.45) is 2.35. The van der Waals surface area contributed by atoms with Gasteiger partial charge in [0.1, 0.15) is 0 Å². The molecule has 2 nitrogen and oxygen atoms in total. The van der Waals surface area contributed by atoms with Gasteiger partial charge in [0.05, 0.1) is 12.7 Å². The van der Waals surface area contributed by atoms with Gasteiger partial charge in [-0.25, -0.2) is 0 Å². The standard InChI is InChI=1S/C7H14O2/c1-6-2-3-7(4-8)9-5-6/h6-8H,2-5H2,1H3/t6-,7+/m1/s1. The third-order valence-electron chi connectivity index (χ3n) is 1.80. The first-order chi connectivity index (χ1) is 4.33. The highest BCUT2D eigenvalue weighted by atomic mass is 16.5. The average molecular weight is 130 g/mol. The van der Waals surface area contributed by atoms with Crippen LogP contribution in [-0.2, 0) is 4.74 Å². The van der Waals surface area contributed by atoms with Crippen molar-refractivity contribution in [2.45, 2.75) is 25.9 Å². The van der Waals surface area contributed by atoms with Gasteiger partial charge >= 0.3 is 0 Å². The van der Waals surface area contributed by atoms with Crippen molar-refractivity contribution in [2.75, 3.05) is 13.2 Å². The van der Waals surface area contributed by atoms with Crippen molar-refractivity contribution < 1.29 is 9.84 Å². The van der Waals surface area contributed by atoms with Crippen molar-refractivity contribution in [1.82, 2.24) is 0 Å². The fourth-order valence-electron chi connectivity index (χ4n) is 1.08. The van der Waals surface area contributed by atoms with E-state index in [0.717, 1.165) is 13.0 Å². The Morgan fingerprint density at radius 3 is 2.78 bits per heavy atom. The molecule has 2 atom stereocenters. The van der Waals surface area contributed by atoms with Crippen LogP contribution < -0.4 is 0 Å². The lowest BCUT2D eigenvalue weighted by Crippen LogP contribution is -2.26. The molecule has 1 saturated heterocycles. The van der Waals surface area contributed by atoms with Gasteiger partial charge in [-0.1, -0.05) is 6.92 Å². The minimum Gasteiger partial charge on any atom is -0.394 e. The summed E-state index contributed by atoms with van der Waals surface area (Å²) in [5.74, 6) is 0.688. The van der Waals surface area contributed by atoms with Gasteiger partial charge in [0.25, 0.3) is 0 Å². The van der Waals surface area contributed by atoms with E-state index in [4.69, 9.17) is 9.84 Å². The maximum atomic E-state index is 8.65. The van der Waals surface area contributed by atoms with Crippen molar-refractivity contribution in [1.29, 1.82) is 0 Å². The maximum absolute atomic E-state index is 8.65. The first-order valence-electron chi connectivity index (χ1n) is 3.55. The highest BCUT2D eigenvalue weighted by Crippen LogP contribution is 2.17. The quantitative estimate of drug-likeness (QED) is 0.568. The predicted molar refractivity (Wildman–Crippen MR) is 35.2 cm³/mol. The second kappa shape index (κ2) is 3.18. The van der Waals surface area contributed by atoms with Crippen LogP contribution in [0.2, 0.25) is 0 Å². The van der Waals surface area contributed by atoms with Crippen LogP contribution in [0.1, 0.15) is 19.8 Å². The predicted octanol–water partition coefficient (Wildman–Crippen LogP) is 0.794. The molecule has 0 amide bonds. The van der Waals surface area contributed by atoms with Crippen LogP contribution in [-0.4, -0.2) is 24.4 Å². The summed E-state index contributed by atoms with van der Waals surface area (Å²) < 4.78 is 5.29. The van der Waals surface area contributed by atoms with E-state index in [1.165, 1.54) is 6.42 Å². The molecule has 1 fully saturated rings. The third kappa shape index (κ3) is 1.95. The number of aliphatic hydroxyl groups is 1. The number of rotatable bonds is 1. The van der Waals surface area contributed by atoms with Crippen molar-refractivity contribution in [3.8, 4) is 0 Å². The fourth-order valence-corrected chi connectivity index (χ4v) is 1.08. The van der Waals surface area contributed by atoms with Gasteiger partial charge < -0.3 is 9.84 Å². The molecule has 9 heavy (non-hydrogen) atoms. The van der Waals surface area contributed by atoms with Crippen LogP contribution in [0.3, 0.4) is 0 Å². The maximum Gasteiger partial charge on any atom is 0.0806 e. The molecule has 0 aromatic heterocycles. The topological polar surface area (TPSA) is 29.5 Å². The Hall–Kier alpha value is -0.0800. The smallest absolute Gasteiger partial charge is 0.0806 e. The van der Waals surface area contributed by atoms with E-state index in [2.05, 4.69) is 6.92 Å². The lowest BCUT2D eigenvalue weighted by atomic mass is 10.0. The van der Waals surface area contributed by atoms with E-state index >= 15 is 0 Å². The largest absolute Gasteiger partial charge is 0.394 e. The van der Waals surface area contributed by atoms with E-state index < -0.39 is 0 Å². The first kappa shape index (κ1) is 7.03. The molecule has 0 radical (unpaired) electrons. The Balaban J connectivity index is 2.18. The monoisotopic (exact) mass is 130 g/mol. The second-order valence-electron chi connectivity index (χ2n) is 2.82. The van der Waals surface area contributed by atoms with Gasteiger partial charge in [-0.05, 0) is 18.8 Å². The van der Waals surface area contributed by atoms with Gasteiger partial charge in [0, 0.05) is 6.61 Å². The summed E-state index contributed by atoms with van der Waals surface area (Å²) in [4.78, 5) is 0. The number of hydrogen-bond donors (Lipinski definition) is 1. The molecule has 2 heteroatoms. The highest BCUT2D eigenvalue weighted by molar-refractivity contribution is 4.65. The molecule has 0 aromatic carbocycles. The van der Waals surface area contributed by atoms with Gasteiger partial charge in [-0.3, -0.25) is 0 Å². The molecule has 0 bridgehead atoms. The molecular weight excluding hydrogens is 116 g/mol. The Morgan fingerprint density at radius 2 is 2.33 bits per heavy atom. The van der Waals surface area contributed by atoms with E-state index in [-0.39, 0.29) is 12.7 Å². The van der Waals surface area contributed by atoms with Crippen LogP contribution in [0, 0.1) is 5.92 Å². The van der Waals surface area contributed by atoms with Gasteiger partial charge in [-0.15, -0.1) is 0 Å². The minimum absolute atomic E-state index is 0.126. The van der Waals surface area contributed by atoms with Crippen molar-refractivity contribution in [2.24, 2.45) is 5.92 Å². The Bertz CT molecular complexity index is 75.0. The number of ether oxygens (including phenoxy) is 1. The van der Waals surface area contributed by atoms with Crippen molar-refractivity contribution in [3.05, 3.63) is 0 Å². The lowest BCUT2D eigenvalue weighted by molar-refractivity contribution is -0.0386. The minimum atomic E-state index is 0.126. The fraction of sp³-hybridized carbons (Fsp3) is 1.00. The highest BCUT2D eigenvalue weighted by Gasteiger charge is 2.16. The summed E-state index contributed by atoms with van der Waals surface area (Å²) in [5.41, 5.74) is 0. The van der Waals surface area contributed by atoms with Crippen LogP contribution in [0.15, 0.2) is 0 Å². The summed E-state index contributed by atoms with van der Waals surface area (Å²) >= 11 is 0.